The van der Waals surface area contributed by atoms with Gasteiger partial charge in [0.05, 0.1) is 10.2 Å². The molecule has 1 heterocycles. The molecule has 0 spiro atoms. The number of hydrogen-bond acceptors (Lipinski definition) is 2. The normalized spacial score (nSPS) is 10.6. The summed E-state index contributed by atoms with van der Waals surface area (Å²) in [4.78, 5) is 0. The zero-order valence-corrected chi connectivity index (χ0v) is 11.0. The fourth-order valence-corrected chi connectivity index (χ4v) is 2.29. The summed E-state index contributed by atoms with van der Waals surface area (Å²) >= 11 is 6.91. The summed E-state index contributed by atoms with van der Waals surface area (Å²) in [5.74, 6) is 0. The van der Waals surface area contributed by atoms with E-state index in [0.717, 1.165) is 25.9 Å². The maximum atomic E-state index is 5.56. The van der Waals surface area contributed by atoms with Crippen molar-refractivity contribution in [2.45, 2.75) is 6.54 Å². The average molecular weight is 331 g/mol. The molecule has 0 amide bonds. The number of aromatic amines is 1. The van der Waals surface area contributed by atoms with E-state index in [1.54, 1.807) is 0 Å². The number of aromatic nitrogens is 2. The van der Waals surface area contributed by atoms with Crippen LogP contribution in [0.2, 0.25) is 0 Å². The van der Waals surface area contributed by atoms with Gasteiger partial charge in [0.2, 0.25) is 0 Å². The van der Waals surface area contributed by atoms with Crippen molar-refractivity contribution in [2.24, 2.45) is 5.73 Å². The van der Waals surface area contributed by atoms with Crippen molar-refractivity contribution in [3.8, 4) is 11.3 Å². The molecule has 0 atom stereocenters. The van der Waals surface area contributed by atoms with Crippen molar-refractivity contribution in [3.05, 3.63) is 38.9 Å². The molecule has 0 saturated heterocycles. The standard InChI is InChI=1S/C10H9Br2N3/c11-7-3-1-2-6(4-7)10-9(12)8(5-13)14-15-10/h1-4H,5,13H2,(H,14,15). The number of nitrogens with two attached hydrogens (primary N) is 1. The predicted molar refractivity (Wildman–Crippen MR) is 67.3 cm³/mol. The van der Waals surface area contributed by atoms with Crippen LogP contribution in [0.4, 0.5) is 0 Å². The Morgan fingerprint density at radius 3 is 2.73 bits per heavy atom. The van der Waals surface area contributed by atoms with Gasteiger partial charge < -0.3 is 5.73 Å². The molecule has 15 heavy (non-hydrogen) atoms. The number of nitrogens with zero attached hydrogens (tertiary/aromatic N) is 1. The third kappa shape index (κ3) is 2.14. The lowest BCUT2D eigenvalue weighted by Crippen LogP contribution is -1.96. The Balaban J connectivity index is 2.49. The molecule has 1 aromatic carbocycles. The number of H-pyrrole nitrogens is 1. The highest BCUT2D eigenvalue weighted by molar-refractivity contribution is 9.11. The minimum atomic E-state index is 0.446. The molecule has 5 heteroatoms. The first kappa shape index (κ1) is 10.9. The summed E-state index contributed by atoms with van der Waals surface area (Å²) in [5, 5.41) is 7.13. The lowest BCUT2D eigenvalue weighted by Gasteiger charge is -1.98. The summed E-state index contributed by atoms with van der Waals surface area (Å²) in [6.45, 7) is 0.446. The van der Waals surface area contributed by atoms with Crippen LogP contribution < -0.4 is 5.73 Å². The molecule has 0 bridgehead atoms. The van der Waals surface area contributed by atoms with E-state index in [2.05, 4.69) is 42.1 Å². The van der Waals surface area contributed by atoms with E-state index in [4.69, 9.17) is 5.73 Å². The van der Waals surface area contributed by atoms with Gasteiger partial charge in [0.25, 0.3) is 0 Å². The summed E-state index contributed by atoms with van der Waals surface area (Å²) in [5.41, 5.74) is 8.40. The highest BCUT2D eigenvalue weighted by Gasteiger charge is 2.11. The van der Waals surface area contributed by atoms with Crippen LogP contribution in [0, 0.1) is 0 Å². The highest BCUT2D eigenvalue weighted by atomic mass is 79.9. The van der Waals surface area contributed by atoms with Gasteiger partial charge in [0.1, 0.15) is 5.69 Å². The van der Waals surface area contributed by atoms with Gasteiger partial charge in [-0.05, 0) is 28.1 Å². The fourth-order valence-electron chi connectivity index (χ4n) is 1.33. The molecular weight excluding hydrogens is 322 g/mol. The van der Waals surface area contributed by atoms with E-state index in [-0.39, 0.29) is 0 Å². The van der Waals surface area contributed by atoms with Crippen LogP contribution in [-0.4, -0.2) is 10.2 Å². The quantitative estimate of drug-likeness (QED) is 0.889. The average Bonchev–Trinajstić information content (AvgIpc) is 2.59. The van der Waals surface area contributed by atoms with Gasteiger partial charge in [0, 0.05) is 16.6 Å². The van der Waals surface area contributed by atoms with Gasteiger partial charge in [-0.1, -0.05) is 28.1 Å². The number of nitrogens with one attached hydrogen (secondary N) is 1. The van der Waals surface area contributed by atoms with E-state index in [0.29, 0.717) is 6.54 Å². The Labute approximate surface area is 104 Å². The topological polar surface area (TPSA) is 54.7 Å². The van der Waals surface area contributed by atoms with Gasteiger partial charge in [-0.15, -0.1) is 0 Å². The molecule has 3 nitrogen and oxygen atoms in total. The molecule has 2 aromatic rings. The number of rotatable bonds is 2. The van der Waals surface area contributed by atoms with Crippen LogP contribution in [-0.2, 0) is 6.54 Å². The monoisotopic (exact) mass is 329 g/mol. The Kier molecular flexibility index (Phi) is 3.23. The van der Waals surface area contributed by atoms with Gasteiger partial charge in [0.15, 0.2) is 0 Å². The highest BCUT2D eigenvalue weighted by Crippen LogP contribution is 2.29. The zero-order chi connectivity index (χ0) is 10.8. The molecule has 0 aliphatic heterocycles. The molecular formula is C10H9Br2N3. The van der Waals surface area contributed by atoms with Crippen molar-refractivity contribution in [2.75, 3.05) is 0 Å². The van der Waals surface area contributed by atoms with Gasteiger partial charge >= 0.3 is 0 Å². The molecule has 0 aliphatic carbocycles. The maximum Gasteiger partial charge on any atom is 0.107 e. The molecule has 0 aliphatic rings. The minimum Gasteiger partial charge on any atom is -0.325 e. The predicted octanol–water partition coefficient (Wildman–Crippen LogP) is 3.06. The van der Waals surface area contributed by atoms with Crippen molar-refractivity contribution in [3.63, 3.8) is 0 Å². The number of benzene rings is 1. The number of hydrogen-bond donors (Lipinski definition) is 2. The van der Waals surface area contributed by atoms with Gasteiger partial charge in [-0.2, -0.15) is 5.10 Å². The summed E-state index contributed by atoms with van der Waals surface area (Å²) in [7, 11) is 0. The second-order valence-electron chi connectivity index (χ2n) is 3.08. The Morgan fingerprint density at radius 1 is 1.33 bits per heavy atom. The van der Waals surface area contributed by atoms with Gasteiger partial charge in [-0.3, -0.25) is 5.10 Å². The Morgan fingerprint density at radius 2 is 2.13 bits per heavy atom. The van der Waals surface area contributed by atoms with E-state index < -0.39 is 0 Å². The van der Waals surface area contributed by atoms with Crippen LogP contribution in [0.3, 0.4) is 0 Å². The van der Waals surface area contributed by atoms with Crippen LogP contribution >= 0.6 is 31.9 Å². The second-order valence-corrected chi connectivity index (χ2v) is 4.79. The SMILES string of the molecule is NCc1[nH]nc(-c2cccc(Br)c2)c1Br. The first-order chi connectivity index (χ1) is 7.22. The van der Waals surface area contributed by atoms with E-state index in [1.807, 2.05) is 24.3 Å². The molecule has 0 radical (unpaired) electrons. The van der Waals surface area contributed by atoms with Crippen molar-refractivity contribution >= 4 is 31.9 Å². The lowest BCUT2D eigenvalue weighted by atomic mass is 10.1. The first-order valence-corrected chi connectivity index (χ1v) is 5.99. The summed E-state index contributed by atoms with van der Waals surface area (Å²) in [6, 6.07) is 7.98. The molecule has 3 N–H and O–H groups in total. The summed E-state index contributed by atoms with van der Waals surface area (Å²) < 4.78 is 1.97. The van der Waals surface area contributed by atoms with Crippen molar-refractivity contribution < 1.29 is 0 Å². The number of halogens is 2. The lowest BCUT2D eigenvalue weighted by molar-refractivity contribution is 0.945. The van der Waals surface area contributed by atoms with Crippen LogP contribution in [0.15, 0.2) is 33.2 Å². The third-order valence-electron chi connectivity index (χ3n) is 2.08. The molecule has 78 valence electrons. The fraction of sp³-hybridized carbons (Fsp3) is 0.100. The largest absolute Gasteiger partial charge is 0.325 e. The van der Waals surface area contributed by atoms with Crippen LogP contribution in [0.25, 0.3) is 11.3 Å². The molecule has 0 fully saturated rings. The van der Waals surface area contributed by atoms with Crippen molar-refractivity contribution in [1.82, 2.24) is 10.2 Å². The maximum absolute atomic E-state index is 5.56. The molecule has 1 aromatic heterocycles. The molecule has 0 saturated carbocycles. The summed E-state index contributed by atoms with van der Waals surface area (Å²) in [6.07, 6.45) is 0. The second kappa shape index (κ2) is 4.47. The Bertz CT molecular complexity index is 479. The van der Waals surface area contributed by atoms with E-state index >= 15 is 0 Å². The van der Waals surface area contributed by atoms with E-state index in [1.165, 1.54) is 0 Å². The first-order valence-electron chi connectivity index (χ1n) is 4.41. The van der Waals surface area contributed by atoms with E-state index in [9.17, 15) is 0 Å². The van der Waals surface area contributed by atoms with Crippen molar-refractivity contribution in [1.29, 1.82) is 0 Å². The Hall–Kier alpha value is -0.650. The minimum absolute atomic E-state index is 0.446. The third-order valence-corrected chi connectivity index (χ3v) is 3.43. The van der Waals surface area contributed by atoms with Crippen LogP contribution in [0.5, 0.6) is 0 Å². The zero-order valence-electron chi connectivity index (χ0n) is 7.80. The van der Waals surface area contributed by atoms with Crippen LogP contribution in [0.1, 0.15) is 5.69 Å². The van der Waals surface area contributed by atoms with Gasteiger partial charge in [-0.25, -0.2) is 0 Å². The molecule has 2 rings (SSSR count). The smallest absolute Gasteiger partial charge is 0.107 e. The molecule has 0 unspecified atom stereocenters.